The monoisotopic (exact) mass is 273 g/mol. The van der Waals surface area contributed by atoms with Gasteiger partial charge in [0, 0.05) is 9.13 Å². The highest BCUT2D eigenvalue weighted by Crippen LogP contribution is 2.29. The van der Waals surface area contributed by atoms with Crippen LogP contribution in [0.1, 0.15) is 12.5 Å². The van der Waals surface area contributed by atoms with Gasteiger partial charge in [-0.15, -0.1) is 4.91 Å². The van der Waals surface area contributed by atoms with E-state index in [1.807, 2.05) is 25.1 Å². The number of rotatable bonds is 2. The number of allylic oxidation sites excluding steroid dienone is 1. The van der Waals surface area contributed by atoms with Crippen LogP contribution in [0.25, 0.3) is 5.57 Å². The average molecular weight is 273 g/mol. The Morgan fingerprint density at radius 1 is 1.58 bits per heavy atom. The molecule has 62 valence electrons. The van der Waals surface area contributed by atoms with Gasteiger partial charge in [0.2, 0.25) is 0 Å². The van der Waals surface area contributed by atoms with Gasteiger partial charge < -0.3 is 0 Å². The summed E-state index contributed by atoms with van der Waals surface area (Å²) in [6, 6.07) is 5.59. The van der Waals surface area contributed by atoms with Gasteiger partial charge in [0.25, 0.3) is 0 Å². The molecule has 0 N–H and O–H groups in total. The van der Waals surface area contributed by atoms with E-state index in [-0.39, 0.29) is 0 Å². The molecule has 1 aromatic carbocycles. The zero-order chi connectivity index (χ0) is 9.14. The van der Waals surface area contributed by atoms with E-state index in [2.05, 4.69) is 34.3 Å². The summed E-state index contributed by atoms with van der Waals surface area (Å²) in [6.45, 7) is 5.63. The number of hydrogen-bond acceptors (Lipinski definition) is 2. The van der Waals surface area contributed by atoms with E-state index in [9.17, 15) is 4.91 Å². The Bertz CT molecular complexity index is 333. The first-order chi connectivity index (χ1) is 5.66. The van der Waals surface area contributed by atoms with Gasteiger partial charge in [0.15, 0.2) is 0 Å². The van der Waals surface area contributed by atoms with Crippen LogP contribution in [-0.4, -0.2) is 0 Å². The van der Waals surface area contributed by atoms with Gasteiger partial charge in [-0.05, 0) is 46.3 Å². The van der Waals surface area contributed by atoms with Crippen LogP contribution in [-0.2, 0) is 0 Å². The van der Waals surface area contributed by atoms with Gasteiger partial charge in [-0.3, -0.25) is 0 Å². The summed E-state index contributed by atoms with van der Waals surface area (Å²) in [5, 5.41) is 2.97. The minimum Gasteiger partial charge on any atom is -0.145 e. The Labute approximate surface area is 84.8 Å². The lowest BCUT2D eigenvalue weighted by Gasteiger charge is -2.03. The molecule has 1 rings (SSSR count). The van der Waals surface area contributed by atoms with Crippen LogP contribution in [0.4, 0.5) is 5.69 Å². The summed E-state index contributed by atoms with van der Waals surface area (Å²) in [7, 11) is 0. The minimum absolute atomic E-state index is 0.491. The Hall–Kier alpha value is -0.710. The van der Waals surface area contributed by atoms with E-state index in [0.717, 1.165) is 14.7 Å². The molecule has 1 aromatic rings. The summed E-state index contributed by atoms with van der Waals surface area (Å²) in [5.41, 5.74) is 2.19. The lowest BCUT2D eigenvalue weighted by atomic mass is 10.1. The minimum atomic E-state index is 0.491. The van der Waals surface area contributed by atoms with Crippen molar-refractivity contribution in [2.24, 2.45) is 5.18 Å². The quantitative estimate of drug-likeness (QED) is 0.596. The molecule has 0 saturated carbocycles. The van der Waals surface area contributed by atoms with Crippen molar-refractivity contribution in [3.63, 3.8) is 0 Å². The van der Waals surface area contributed by atoms with Crippen molar-refractivity contribution in [3.8, 4) is 0 Å². The molecule has 0 spiro atoms. The van der Waals surface area contributed by atoms with Gasteiger partial charge in [-0.25, -0.2) is 0 Å². The molecule has 0 aromatic heterocycles. The predicted octanol–water partition coefficient (Wildman–Crippen LogP) is 3.72. The molecule has 0 radical (unpaired) electrons. The van der Waals surface area contributed by atoms with Crippen molar-refractivity contribution in [3.05, 3.63) is 38.8 Å². The van der Waals surface area contributed by atoms with Crippen LogP contribution in [0.5, 0.6) is 0 Å². The third kappa shape index (κ3) is 1.72. The maximum atomic E-state index is 10.5. The van der Waals surface area contributed by atoms with Crippen molar-refractivity contribution < 1.29 is 0 Å². The molecule has 12 heavy (non-hydrogen) atoms. The molecule has 2 nitrogen and oxygen atoms in total. The Balaban J connectivity index is 3.37. The molecule has 0 unspecified atom stereocenters. The van der Waals surface area contributed by atoms with Crippen molar-refractivity contribution >= 4 is 33.9 Å². The van der Waals surface area contributed by atoms with E-state index < -0.39 is 0 Å². The molecule has 0 aliphatic heterocycles. The maximum absolute atomic E-state index is 10.5. The zero-order valence-electron chi connectivity index (χ0n) is 6.67. The molecule has 0 heterocycles. The highest BCUT2D eigenvalue weighted by Gasteiger charge is 2.06. The topological polar surface area (TPSA) is 29.4 Å². The van der Waals surface area contributed by atoms with Crippen LogP contribution >= 0.6 is 22.6 Å². The van der Waals surface area contributed by atoms with Gasteiger partial charge in [-0.2, -0.15) is 0 Å². The summed E-state index contributed by atoms with van der Waals surface area (Å²) in [5.74, 6) is 0. The summed E-state index contributed by atoms with van der Waals surface area (Å²) < 4.78 is 0.864. The van der Waals surface area contributed by atoms with E-state index >= 15 is 0 Å². The van der Waals surface area contributed by atoms with E-state index in [1.165, 1.54) is 0 Å². The van der Waals surface area contributed by atoms with Crippen LogP contribution in [0.15, 0.2) is 30.0 Å². The van der Waals surface area contributed by atoms with Gasteiger partial charge in [0.1, 0.15) is 5.69 Å². The smallest absolute Gasteiger partial charge is 0.128 e. The molecule has 0 amide bonds. The molecule has 0 atom stereocenters. The molecule has 0 saturated heterocycles. The number of nitroso groups, excluding NO2 is 1. The van der Waals surface area contributed by atoms with Gasteiger partial charge >= 0.3 is 0 Å². The first kappa shape index (κ1) is 9.38. The molecule has 0 aliphatic carbocycles. The fourth-order valence-corrected chi connectivity index (χ4v) is 1.55. The summed E-state index contributed by atoms with van der Waals surface area (Å²) >= 11 is 2.08. The number of hydrogen-bond donors (Lipinski definition) is 0. The molecule has 0 aliphatic rings. The molecule has 3 heteroatoms. The van der Waals surface area contributed by atoms with E-state index in [4.69, 9.17) is 0 Å². The maximum Gasteiger partial charge on any atom is 0.128 e. The molecular weight excluding hydrogens is 265 g/mol. The third-order valence-electron chi connectivity index (χ3n) is 1.54. The zero-order valence-corrected chi connectivity index (χ0v) is 8.83. The molecular formula is C9H8INO. The Morgan fingerprint density at radius 2 is 2.25 bits per heavy atom. The van der Waals surface area contributed by atoms with Crippen molar-refractivity contribution in [1.29, 1.82) is 0 Å². The highest BCUT2D eigenvalue weighted by atomic mass is 127. The largest absolute Gasteiger partial charge is 0.145 e. The summed E-state index contributed by atoms with van der Waals surface area (Å²) in [4.78, 5) is 10.5. The Morgan fingerprint density at radius 3 is 2.67 bits per heavy atom. The standard InChI is InChI=1S/C9H8INO/c1-6(2)7-4-3-5-8(10)9(7)11-12/h3-5H,1H2,2H3. The molecule has 0 bridgehead atoms. The Kier molecular flexibility index (Phi) is 2.97. The second-order valence-corrected chi connectivity index (χ2v) is 3.67. The number of halogens is 1. The van der Waals surface area contributed by atoms with E-state index in [1.54, 1.807) is 0 Å². The number of benzene rings is 1. The number of nitrogens with zero attached hydrogens (tertiary/aromatic N) is 1. The molecule has 0 fully saturated rings. The van der Waals surface area contributed by atoms with Crippen molar-refractivity contribution in [2.45, 2.75) is 6.92 Å². The van der Waals surface area contributed by atoms with Gasteiger partial charge in [-0.1, -0.05) is 18.7 Å². The summed E-state index contributed by atoms with van der Waals surface area (Å²) in [6.07, 6.45) is 0. The first-order valence-corrected chi connectivity index (χ1v) is 4.52. The van der Waals surface area contributed by atoms with Crippen molar-refractivity contribution in [2.75, 3.05) is 0 Å². The van der Waals surface area contributed by atoms with Crippen LogP contribution in [0, 0.1) is 8.48 Å². The third-order valence-corrected chi connectivity index (χ3v) is 2.41. The normalized spacial score (nSPS) is 9.50. The van der Waals surface area contributed by atoms with Crippen LogP contribution in [0.3, 0.4) is 0 Å². The second kappa shape index (κ2) is 3.80. The average Bonchev–Trinajstić information content (AvgIpc) is 2.03. The van der Waals surface area contributed by atoms with E-state index in [0.29, 0.717) is 5.69 Å². The van der Waals surface area contributed by atoms with Crippen LogP contribution in [0.2, 0.25) is 0 Å². The lowest BCUT2D eigenvalue weighted by Crippen LogP contribution is -1.81. The fraction of sp³-hybridized carbons (Fsp3) is 0.111. The SMILES string of the molecule is C=C(C)c1cccc(I)c1N=O. The van der Waals surface area contributed by atoms with Crippen molar-refractivity contribution in [1.82, 2.24) is 0 Å². The van der Waals surface area contributed by atoms with Gasteiger partial charge in [0.05, 0.1) is 0 Å². The highest BCUT2D eigenvalue weighted by molar-refractivity contribution is 14.1. The second-order valence-electron chi connectivity index (χ2n) is 2.51. The first-order valence-electron chi connectivity index (χ1n) is 3.44. The fourth-order valence-electron chi connectivity index (χ4n) is 0.953. The van der Waals surface area contributed by atoms with Crippen LogP contribution < -0.4 is 0 Å². The lowest BCUT2D eigenvalue weighted by molar-refractivity contribution is 1.42. The predicted molar refractivity (Wildman–Crippen MR) is 59.3 cm³/mol.